The van der Waals surface area contributed by atoms with Gasteiger partial charge in [0.05, 0.1) is 22.6 Å². The molecule has 116 valence electrons. The number of aromatic nitrogens is 2. The Balaban J connectivity index is 2.09. The third-order valence-corrected chi connectivity index (χ3v) is 3.84. The molecule has 1 N–H and O–H groups in total. The Kier molecular flexibility index (Phi) is 3.72. The first-order chi connectivity index (χ1) is 10.5. The topological polar surface area (TPSA) is 46.9 Å². The van der Waals surface area contributed by atoms with E-state index in [4.69, 9.17) is 0 Å². The van der Waals surface area contributed by atoms with Crippen LogP contribution in [0.1, 0.15) is 54.4 Å². The van der Waals surface area contributed by atoms with Crippen LogP contribution < -0.4 is 5.32 Å². The maximum absolute atomic E-state index is 13.5. The highest BCUT2D eigenvalue weighted by Crippen LogP contribution is 2.27. The fourth-order valence-electron chi connectivity index (χ4n) is 2.65. The van der Waals surface area contributed by atoms with E-state index in [9.17, 15) is 9.18 Å². The molecule has 0 atom stereocenters. The first-order valence-corrected chi connectivity index (χ1v) is 7.63. The fourth-order valence-corrected chi connectivity index (χ4v) is 2.65. The van der Waals surface area contributed by atoms with Gasteiger partial charge in [0, 0.05) is 6.04 Å². The summed E-state index contributed by atoms with van der Waals surface area (Å²) in [4.78, 5) is 12.5. The molecule has 0 unspecified atom stereocenters. The number of carbonyl (C=O) groups excluding carboxylic acids is 1. The van der Waals surface area contributed by atoms with Crippen molar-refractivity contribution in [3.63, 3.8) is 0 Å². The highest BCUT2D eigenvalue weighted by atomic mass is 19.1. The summed E-state index contributed by atoms with van der Waals surface area (Å²) >= 11 is 0. The highest BCUT2D eigenvalue weighted by molar-refractivity contribution is 5.97. The summed E-state index contributed by atoms with van der Waals surface area (Å²) in [5.74, 6) is -0.292. The molecule has 3 rings (SSSR count). The standard InChI is InChI=1S/C17H20FN3O/c1-10(2)16-15(17(22)19-13-7-8-13)11(3)20-21(16)14-6-4-5-12(18)9-14/h4-6,9-10,13H,7-8H2,1-3H3,(H,19,22). The Labute approximate surface area is 129 Å². The third kappa shape index (κ3) is 2.75. The Bertz CT molecular complexity index is 717. The van der Waals surface area contributed by atoms with Crippen molar-refractivity contribution >= 4 is 5.91 Å². The van der Waals surface area contributed by atoms with Crippen LogP contribution in [0.5, 0.6) is 0 Å². The molecule has 1 aliphatic carbocycles. The van der Waals surface area contributed by atoms with Gasteiger partial charge >= 0.3 is 0 Å². The zero-order chi connectivity index (χ0) is 15.9. The number of halogens is 1. The second-order valence-corrected chi connectivity index (χ2v) is 6.14. The van der Waals surface area contributed by atoms with Gasteiger partial charge in [-0.15, -0.1) is 0 Å². The molecule has 4 nitrogen and oxygen atoms in total. The summed E-state index contributed by atoms with van der Waals surface area (Å²) in [6.07, 6.45) is 2.08. The minimum absolute atomic E-state index is 0.0775. The molecule has 1 aliphatic rings. The molecular weight excluding hydrogens is 281 g/mol. The SMILES string of the molecule is Cc1nn(-c2cccc(F)c2)c(C(C)C)c1C(=O)NC1CC1. The van der Waals surface area contributed by atoms with Crippen LogP contribution in [0.2, 0.25) is 0 Å². The Morgan fingerprint density at radius 3 is 2.73 bits per heavy atom. The Morgan fingerprint density at radius 2 is 2.14 bits per heavy atom. The molecule has 1 saturated carbocycles. The third-order valence-electron chi connectivity index (χ3n) is 3.84. The summed E-state index contributed by atoms with van der Waals surface area (Å²) in [5.41, 5.74) is 2.75. The number of hydrogen-bond acceptors (Lipinski definition) is 2. The van der Waals surface area contributed by atoms with Crippen LogP contribution in [0.4, 0.5) is 4.39 Å². The summed E-state index contributed by atoms with van der Waals surface area (Å²) in [6.45, 7) is 5.85. The number of aryl methyl sites for hydroxylation is 1. The van der Waals surface area contributed by atoms with Crippen molar-refractivity contribution in [2.45, 2.75) is 45.6 Å². The summed E-state index contributed by atoms with van der Waals surface area (Å²) in [5, 5.41) is 7.50. The van der Waals surface area contributed by atoms with E-state index in [1.165, 1.54) is 12.1 Å². The number of rotatable bonds is 4. The van der Waals surface area contributed by atoms with Crippen LogP contribution >= 0.6 is 0 Å². The highest BCUT2D eigenvalue weighted by Gasteiger charge is 2.29. The van der Waals surface area contributed by atoms with Gasteiger partial charge in [-0.1, -0.05) is 19.9 Å². The molecule has 1 heterocycles. The number of carbonyl (C=O) groups is 1. The molecule has 2 aromatic rings. The maximum Gasteiger partial charge on any atom is 0.255 e. The lowest BCUT2D eigenvalue weighted by Gasteiger charge is -2.13. The van der Waals surface area contributed by atoms with E-state index in [0.717, 1.165) is 18.5 Å². The average Bonchev–Trinajstić information content (AvgIpc) is 3.18. The quantitative estimate of drug-likeness (QED) is 0.941. The van der Waals surface area contributed by atoms with Crippen LogP contribution in [0, 0.1) is 12.7 Å². The van der Waals surface area contributed by atoms with E-state index in [2.05, 4.69) is 10.4 Å². The van der Waals surface area contributed by atoms with E-state index in [0.29, 0.717) is 23.0 Å². The molecule has 1 aromatic carbocycles. The molecule has 22 heavy (non-hydrogen) atoms. The maximum atomic E-state index is 13.5. The van der Waals surface area contributed by atoms with Gasteiger partial charge in [-0.05, 0) is 43.9 Å². The predicted octanol–water partition coefficient (Wildman–Crippen LogP) is 3.34. The molecule has 1 aromatic heterocycles. The number of hydrogen-bond donors (Lipinski definition) is 1. The lowest BCUT2D eigenvalue weighted by atomic mass is 10.0. The molecule has 1 amide bonds. The van der Waals surface area contributed by atoms with Gasteiger partial charge in [-0.3, -0.25) is 4.79 Å². The lowest BCUT2D eigenvalue weighted by Crippen LogP contribution is -2.27. The van der Waals surface area contributed by atoms with Gasteiger partial charge in [0.15, 0.2) is 0 Å². The second-order valence-electron chi connectivity index (χ2n) is 6.14. The lowest BCUT2D eigenvalue weighted by molar-refractivity contribution is 0.0949. The van der Waals surface area contributed by atoms with Crippen LogP contribution in [0.3, 0.4) is 0 Å². The van der Waals surface area contributed by atoms with Crippen molar-refractivity contribution in [1.82, 2.24) is 15.1 Å². The first-order valence-electron chi connectivity index (χ1n) is 7.63. The Hall–Kier alpha value is -2.17. The van der Waals surface area contributed by atoms with Crippen LogP contribution in [-0.2, 0) is 0 Å². The minimum Gasteiger partial charge on any atom is -0.349 e. The van der Waals surface area contributed by atoms with Gasteiger partial charge in [0.2, 0.25) is 0 Å². The van der Waals surface area contributed by atoms with Gasteiger partial charge in [0.1, 0.15) is 5.82 Å². The normalized spacial score (nSPS) is 14.4. The van der Waals surface area contributed by atoms with Crippen molar-refractivity contribution in [1.29, 1.82) is 0 Å². The Morgan fingerprint density at radius 1 is 1.41 bits per heavy atom. The van der Waals surface area contributed by atoms with Crippen molar-refractivity contribution < 1.29 is 9.18 Å². The number of benzene rings is 1. The number of nitrogens with one attached hydrogen (secondary N) is 1. The van der Waals surface area contributed by atoms with Crippen molar-refractivity contribution in [3.05, 3.63) is 47.0 Å². The molecule has 0 saturated heterocycles. The molecule has 5 heteroatoms. The minimum atomic E-state index is -0.315. The first kappa shape index (κ1) is 14.8. The zero-order valence-corrected chi connectivity index (χ0v) is 13.1. The summed E-state index contributed by atoms with van der Waals surface area (Å²) < 4.78 is 15.2. The van der Waals surface area contributed by atoms with E-state index >= 15 is 0 Å². The van der Waals surface area contributed by atoms with Crippen molar-refractivity contribution in [2.75, 3.05) is 0 Å². The largest absolute Gasteiger partial charge is 0.349 e. The van der Waals surface area contributed by atoms with Crippen molar-refractivity contribution in [3.8, 4) is 5.69 Å². The molecule has 0 radical (unpaired) electrons. The monoisotopic (exact) mass is 301 g/mol. The van der Waals surface area contributed by atoms with E-state index in [-0.39, 0.29) is 17.6 Å². The molecule has 1 fully saturated rings. The average molecular weight is 301 g/mol. The van der Waals surface area contributed by atoms with Gasteiger partial charge in [-0.2, -0.15) is 5.10 Å². The van der Waals surface area contributed by atoms with Crippen LogP contribution in [-0.4, -0.2) is 21.7 Å². The van der Waals surface area contributed by atoms with Crippen LogP contribution in [0.15, 0.2) is 24.3 Å². The zero-order valence-electron chi connectivity index (χ0n) is 13.1. The van der Waals surface area contributed by atoms with E-state index in [1.807, 2.05) is 20.8 Å². The van der Waals surface area contributed by atoms with Gasteiger partial charge < -0.3 is 5.32 Å². The number of nitrogens with zero attached hydrogens (tertiary/aromatic N) is 2. The van der Waals surface area contributed by atoms with Crippen molar-refractivity contribution in [2.24, 2.45) is 0 Å². The fraction of sp³-hybridized carbons (Fsp3) is 0.412. The van der Waals surface area contributed by atoms with Gasteiger partial charge in [-0.25, -0.2) is 9.07 Å². The van der Waals surface area contributed by atoms with Crippen LogP contribution in [0.25, 0.3) is 5.69 Å². The molecular formula is C17H20FN3O. The molecule has 0 bridgehead atoms. The summed E-state index contributed by atoms with van der Waals surface area (Å²) in [7, 11) is 0. The summed E-state index contributed by atoms with van der Waals surface area (Å²) in [6, 6.07) is 6.57. The van der Waals surface area contributed by atoms with Gasteiger partial charge in [0.25, 0.3) is 5.91 Å². The number of amides is 1. The molecule has 0 spiro atoms. The smallest absolute Gasteiger partial charge is 0.255 e. The van der Waals surface area contributed by atoms with E-state index < -0.39 is 0 Å². The second kappa shape index (κ2) is 5.55. The predicted molar refractivity (Wildman–Crippen MR) is 82.8 cm³/mol. The molecule has 0 aliphatic heterocycles. The van der Waals surface area contributed by atoms with E-state index in [1.54, 1.807) is 16.8 Å².